The van der Waals surface area contributed by atoms with Crippen LogP contribution in [0.1, 0.15) is 24.3 Å². The van der Waals surface area contributed by atoms with E-state index in [1.807, 2.05) is 11.8 Å². The molecule has 98 valence electrons. The third-order valence-corrected chi connectivity index (χ3v) is 3.53. The molecule has 1 aliphatic heterocycles. The van der Waals surface area contributed by atoms with Gasteiger partial charge in [-0.05, 0) is 6.92 Å². The number of rotatable bonds is 2. The van der Waals surface area contributed by atoms with Crippen LogP contribution in [-0.4, -0.2) is 47.4 Å². The van der Waals surface area contributed by atoms with E-state index in [2.05, 4.69) is 15.6 Å². The number of aromatic nitrogens is 1. The highest BCUT2D eigenvalue weighted by atomic mass is 32.1. The van der Waals surface area contributed by atoms with E-state index < -0.39 is 0 Å². The van der Waals surface area contributed by atoms with E-state index in [9.17, 15) is 9.59 Å². The monoisotopic (exact) mass is 268 g/mol. The van der Waals surface area contributed by atoms with Crippen molar-refractivity contribution in [2.24, 2.45) is 0 Å². The fraction of sp³-hybridized carbons (Fsp3) is 0.545. The average Bonchev–Trinajstić information content (AvgIpc) is 2.76. The van der Waals surface area contributed by atoms with Gasteiger partial charge >= 0.3 is 0 Å². The molecule has 0 bridgehead atoms. The van der Waals surface area contributed by atoms with Crippen LogP contribution in [0.15, 0.2) is 5.38 Å². The second kappa shape index (κ2) is 5.45. The molecule has 1 atom stereocenters. The van der Waals surface area contributed by atoms with Gasteiger partial charge in [-0.25, -0.2) is 4.98 Å². The van der Waals surface area contributed by atoms with Crippen molar-refractivity contribution in [3.8, 4) is 0 Å². The van der Waals surface area contributed by atoms with Crippen LogP contribution in [0, 0.1) is 0 Å². The molecule has 1 aromatic heterocycles. The van der Waals surface area contributed by atoms with Gasteiger partial charge in [-0.3, -0.25) is 9.59 Å². The van der Waals surface area contributed by atoms with Crippen molar-refractivity contribution in [2.45, 2.75) is 19.9 Å². The molecule has 0 spiro atoms. The lowest BCUT2D eigenvalue weighted by Gasteiger charge is -2.33. The molecule has 0 aromatic carbocycles. The van der Waals surface area contributed by atoms with Gasteiger partial charge in [0.1, 0.15) is 5.69 Å². The van der Waals surface area contributed by atoms with Crippen molar-refractivity contribution in [2.75, 3.05) is 25.0 Å². The Morgan fingerprint density at radius 2 is 2.39 bits per heavy atom. The molecular formula is C11H16N4O2S. The summed E-state index contributed by atoms with van der Waals surface area (Å²) >= 11 is 1.27. The van der Waals surface area contributed by atoms with Gasteiger partial charge in [0.15, 0.2) is 5.13 Å². The van der Waals surface area contributed by atoms with Crippen molar-refractivity contribution in [3.63, 3.8) is 0 Å². The van der Waals surface area contributed by atoms with Gasteiger partial charge in [-0.1, -0.05) is 0 Å². The van der Waals surface area contributed by atoms with Gasteiger partial charge in [-0.2, -0.15) is 0 Å². The van der Waals surface area contributed by atoms with E-state index in [1.54, 1.807) is 5.38 Å². The molecule has 2 amide bonds. The maximum atomic E-state index is 12.2. The molecule has 1 aromatic rings. The van der Waals surface area contributed by atoms with Crippen LogP contribution >= 0.6 is 11.3 Å². The summed E-state index contributed by atoms with van der Waals surface area (Å²) in [6.45, 7) is 5.71. The normalized spacial score (nSPS) is 19.7. The minimum Gasteiger partial charge on any atom is -0.332 e. The highest BCUT2D eigenvalue weighted by Gasteiger charge is 2.25. The van der Waals surface area contributed by atoms with Crippen molar-refractivity contribution < 1.29 is 9.59 Å². The topological polar surface area (TPSA) is 74.3 Å². The second-order valence-electron chi connectivity index (χ2n) is 4.27. The lowest BCUT2D eigenvalue weighted by Crippen LogP contribution is -2.52. The highest BCUT2D eigenvalue weighted by molar-refractivity contribution is 7.14. The number of piperazine rings is 1. The van der Waals surface area contributed by atoms with Crippen molar-refractivity contribution >= 4 is 28.3 Å². The summed E-state index contributed by atoms with van der Waals surface area (Å²) in [5.41, 5.74) is 0.400. The minimum absolute atomic E-state index is 0.0724. The van der Waals surface area contributed by atoms with Crippen LogP contribution in [0.2, 0.25) is 0 Å². The van der Waals surface area contributed by atoms with Gasteiger partial charge in [-0.15, -0.1) is 11.3 Å². The smallest absolute Gasteiger partial charge is 0.273 e. The Morgan fingerprint density at radius 1 is 1.61 bits per heavy atom. The molecule has 2 rings (SSSR count). The third kappa shape index (κ3) is 2.85. The first-order valence-corrected chi connectivity index (χ1v) is 6.70. The first-order chi connectivity index (χ1) is 8.58. The number of nitrogens with zero attached hydrogens (tertiary/aromatic N) is 2. The van der Waals surface area contributed by atoms with E-state index >= 15 is 0 Å². The molecule has 6 nitrogen and oxygen atoms in total. The Kier molecular flexibility index (Phi) is 3.93. The zero-order valence-electron chi connectivity index (χ0n) is 10.4. The van der Waals surface area contributed by atoms with Crippen molar-refractivity contribution in [3.05, 3.63) is 11.1 Å². The van der Waals surface area contributed by atoms with E-state index in [-0.39, 0.29) is 17.9 Å². The van der Waals surface area contributed by atoms with Gasteiger partial charge < -0.3 is 15.5 Å². The van der Waals surface area contributed by atoms with Crippen LogP contribution in [0.4, 0.5) is 5.13 Å². The Bertz CT molecular complexity index is 460. The lowest BCUT2D eigenvalue weighted by molar-refractivity contribution is -0.114. The van der Waals surface area contributed by atoms with Gasteiger partial charge in [0.05, 0.1) is 0 Å². The molecule has 18 heavy (non-hydrogen) atoms. The Labute approximate surface area is 109 Å². The predicted molar refractivity (Wildman–Crippen MR) is 69.8 cm³/mol. The molecule has 0 unspecified atom stereocenters. The average molecular weight is 268 g/mol. The van der Waals surface area contributed by atoms with Crippen LogP contribution in [0.5, 0.6) is 0 Å². The fourth-order valence-corrected chi connectivity index (χ4v) is 2.60. The predicted octanol–water partition coefficient (Wildman–Crippen LogP) is 0.535. The van der Waals surface area contributed by atoms with Crippen LogP contribution in [0.3, 0.4) is 0 Å². The largest absolute Gasteiger partial charge is 0.332 e. The van der Waals surface area contributed by atoms with Crippen molar-refractivity contribution in [1.29, 1.82) is 0 Å². The number of carbonyl (C=O) groups excluding carboxylic acids is 2. The summed E-state index contributed by atoms with van der Waals surface area (Å²) in [4.78, 5) is 29.1. The minimum atomic E-state index is -0.182. The van der Waals surface area contributed by atoms with E-state index in [4.69, 9.17) is 0 Å². The van der Waals surface area contributed by atoms with E-state index in [1.165, 1.54) is 18.3 Å². The summed E-state index contributed by atoms with van der Waals surface area (Å²) in [5.74, 6) is -0.254. The molecule has 1 fully saturated rings. The SMILES string of the molecule is CC(=O)Nc1nc(C(=O)N2CCNC[C@@H]2C)cs1. The Morgan fingerprint density at radius 3 is 3.06 bits per heavy atom. The number of amides is 2. The number of hydrogen-bond donors (Lipinski definition) is 2. The molecule has 0 aliphatic carbocycles. The van der Waals surface area contributed by atoms with Gasteiger partial charge in [0.2, 0.25) is 5.91 Å². The first-order valence-electron chi connectivity index (χ1n) is 5.82. The Balaban J connectivity index is 2.08. The van der Waals surface area contributed by atoms with Crippen LogP contribution in [0.25, 0.3) is 0 Å². The standard InChI is InChI=1S/C11H16N4O2S/c1-7-5-12-3-4-15(7)10(17)9-6-18-11(14-9)13-8(2)16/h6-7,12H,3-5H2,1-2H3,(H,13,14,16)/t7-/m0/s1. The lowest BCUT2D eigenvalue weighted by atomic mass is 10.2. The quantitative estimate of drug-likeness (QED) is 0.821. The fourth-order valence-electron chi connectivity index (χ4n) is 1.87. The molecule has 2 N–H and O–H groups in total. The molecular weight excluding hydrogens is 252 g/mol. The summed E-state index contributed by atoms with van der Waals surface area (Å²) in [7, 11) is 0. The van der Waals surface area contributed by atoms with E-state index in [0.29, 0.717) is 17.4 Å². The highest BCUT2D eigenvalue weighted by Crippen LogP contribution is 2.18. The molecule has 7 heteroatoms. The van der Waals surface area contributed by atoms with Crippen LogP contribution < -0.4 is 10.6 Å². The number of nitrogens with one attached hydrogen (secondary N) is 2. The number of hydrogen-bond acceptors (Lipinski definition) is 5. The number of thiazole rings is 1. The number of anilines is 1. The molecule has 1 aliphatic rings. The Hall–Kier alpha value is -1.47. The zero-order valence-corrected chi connectivity index (χ0v) is 11.2. The molecule has 1 saturated heterocycles. The number of carbonyl (C=O) groups is 2. The van der Waals surface area contributed by atoms with Gasteiger partial charge in [0, 0.05) is 38.0 Å². The summed E-state index contributed by atoms with van der Waals surface area (Å²) < 4.78 is 0. The third-order valence-electron chi connectivity index (χ3n) is 2.77. The summed E-state index contributed by atoms with van der Waals surface area (Å²) in [5, 5.41) is 7.96. The second-order valence-corrected chi connectivity index (χ2v) is 5.13. The van der Waals surface area contributed by atoms with Crippen LogP contribution in [-0.2, 0) is 4.79 Å². The van der Waals surface area contributed by atoms with Gasteiger partial charge in [0.25, 0.3) is 5.91 Å². The molecule has 0 radical (unpaired) electrons. The maximum absolute atomic E-state index is 12.2. The van der Waals surface area contributed by atoms with E-state index in [0.717, 1.165) is 13.1 Å². The molecule has 2 heterocycles. The summed E-state index contributed by atoms with van der Waals surface area (Å²) in [6.07, 6.45) is 0. The molecule has 0 saturated carbocycles. The zero-order chi connectivity index (χ0) is 13.1. The summed E-state index contributed by atoms with van der Waals surface area (Å²) in [6, 6.07) is 0.164. The maximum Gasteiger partial charge on any atom is 0.273 e. The van der Waals surface area contributed by atoms with Crippen molar-refractivity contribution in [1.82, 2.24) is 15.2 Å². The first kappa shape index (κ1) is 13.0.